The van der Waals surface area contributed by atoms with Gasteiger partial charge in [0.05, 0.1) is 23.1 Å². The summed E-state index contributed by atoms with van der Waals surface area (Å²) in [7, 11) is 0. The SMILES string of the molecule is O=C(COC1CCC(Nc2ccc([N+](=O)[O-])c(C(F)(F)F)c2)CC1)N1CCN(Cc2cc3cc(C(F)(F)F)ccc3o2)CC1. The normalized spacial score (nSPS) is 20.2. The number of anilines is 1. The Balaban J connectivity index is 1.03. The molecule has 238 valence electrons. The molecule has 2 aromatic carbocycles. The van der Waals surface area contributed by atoms with Crippen molar-refractivity contribution in [2.75, 3.05) is 38.1 Å². The topological polar surface area (TPSA) is 101 Å². The van der Waals surface area contributed by atoms with Crippen molar-refractivity contribution in [3.63, 3.8) is 0 Å². The van der Waals surface area contributed by atoms with E-state index in [4.69, 9.17) is 9.15 Å². The molecule has 0 atom stereocenters. The second kappa shape index (κ2) is 12.6. The second-order valence-corrected chi connectivity index (χ2v) is 11.0. The minimum Gasteiger partial charge on any atom is -0.460 e. The third-order valence-electron chi connectivity index (χ3n) is 7.99. The lowest BCUT2D eigenvalue weighted by Gasteiger charge is -2.35. The number of nitrogens with one attached hydrogen (secondary N) is 1. The number of nitro groups is 1. The average Bonchev–Trinajstić information content (AvgIpc) is 3.37. The largest absolute Gasteiger partial charge is 0.460 e. The van der Waals surface area contributed by atoms with E-state index >= 15 is 0 Å². The van der Waals surface area contributed by atoms with Gasteiger partial charge in [-0.25, -0.2) is 0 Å². The molecule has 1 amide bonds. The zero-order chi connectivity index (χ0) is 31.6. The van der Waals surface area contributed by atoms with Crippen LogP contribution in [0, 0.1) is 10.1 Å². The summed E-state index contributed by atoms with van der Waals surface area (Å²) >= 11 is 0. The van der Waals surface area contributed by atoms with Crippen LogP contribution in [0.15, 0.2) is 46.9 Å². The number of amides is 1. The summed E-state index contributed by atoms with van der Waals surface area (Å²) in [6.45, 7) is 2.37. The molecule has 2 heterocycles. The lowest BCUT2D eigenvalue weighted by Crippen LogP contribution is -2.49. The number of fused-ring (bicyclic) bond motifs is 1. The summed E-state index contributed by atoms with van der Waals surface area (Å²) in [5, 5.41) is 14.4. The number of nitrogens with zero attached hydrogens (tertiary/aromatic N) is 3. The number of halogens is 6. The first-order valence-corrected chi connectivity index (χ1v) is 14.1. The first-order valence-electron chi connectivity index (χ1n) is 14.1. The van der Waals surface area contributed by atoms with Gasteiger partial charge in [0.15, 0.2) is 0 Å². The number of rotatable bonds is 8. The second-order valence-electron chi connectivity index (χ2n) is 11.0. The molecule has 2 fully saturated rings. The van der Waals surface area contributed by atoms with Crippen LogP contribution < -0.4 is 5.32 Å². The van der Waals surface area contributed by atoms with Crippen LogP contribution in [0.4, 0.5) is 37.7 Å². The molecule has 3 aromatic rings. The van der Waals surface area contributed by atoms with Crippen LogP contribution in [0.25, 0.3) is 11.0 Å². The fraction of sp³-hybridized carbons (Fsp3) is 0.483. The highest BCUT2D eigenvalue weighted by atomic mass is 19.4. The predicted octanol–water partition coefficient (Wildman–Crippen LogP) is 6.46. The van der Waals surface area contributed by atoms with Gasteiger partial charge in [-0.2, -0.15) is 26.3 Å². The standard InChI is InChI=1S/C29H30F6N4O5/c30-28(31,32)19-1-8-26-18(13-19)14-23(44-26)16-37-9-11-38(12-10-37)27(40)17-43-22-5-2-20(3-6-22)36-21-4-7-25(39(41)42)24(15-21)29(33,34)35/h1,4,7-8,13-15,20,22,36H,2-3,5-6,9-12,16-17H2. The molecule has 1 aliphatic heterocycles. The van der Waals surface area contributed by atoms with Crippen molar-refractivity contribution >= 4 is 28.3 Å². The Bertz CT molecular complexity index is 1490. The van der Waals surface area contributed by atoms with Gasteiger partial charge in [0, 0.05) is 49.4 Å². The van der Waals surface area contributed by atoms with Crippen LogP contribution in [0.2, 0.25) is 0 Å². The average molecular weight is 629 g/mol. The Morgan fingerprint density at radius 1 is 0.955 bits per heavy atom. The molecule has 0 spiro atoms. The molecule has 0 unspecified atom stereocenters. The first-order chi connectivity index (χ1) is 20.8. The Hall–Kier alpha value is -3.85. The summed E-state index contributed by atoms with van der Waals surface area (Å²) in [6, 6.07) is 7.69. The van der Waals surface area contributed by atoms with Crippen LogP contribution >= 0.6 is 0 Å². The van der Waals surface area contributed by atoms with Crippen LogP contribution in [0.3, 0.4) is 0 Å². The van der Waals surface area contributed by atoms with Crippen LogP contribution in [0.1, 0.15) is 42.6 Å². The van der Waals surface area contributed by atoms with Gasteiger partial charge in [-0.15, -0.1) is 0 Å². The van der Waals surface area contributed by atoms with Crippen molar-refractivity contribution in [2.24, 2.45) is 0 Å². The van der Waals surface area contributed by atoms with Crippen LogP contribution in [0.5, 0.6) is 0 Å². The number of benzene rings is 2. The number of nitro benzene ring substituents is 1. The smallest absolute Gasteiger partial charge is 0.423 e. The van der Waals surface area contributed by atoms with Crippen LogP contribution in [-0.4, -0.2) is 65.6 Å². The number of hydrogen-bond donors (Lipinski definition) is 1. The van der Waals surface area contributed by atoms with Gasteiger partial charge in [-0.1, -0.05) is 0 Å². The molecule has 1 aromatic heterocycles. The zero-order valence-electron chi connectivity index (χ0n) is 23.4. The number of carbonyl (C=O) groups is 1. The molecular formula is C29H30F6N4O5. The summed E-state index contributed by atoms with van der Waals surface area (Å²) in [4.78, 5) is 26.4. The van der Waals surface area contributed by atoms with Crippen molar-refractivity contribution < 1.29 is 45.2 Å². The van der Waals surface area contributed by atoms with Gasteiger partial charge < -0.3 is 19.4 Å². The fourth-order valence-electron chi connectivity index (χ4n) is 5.63. The molecule has 0 bridgehead atoms. The highest BCUT2D eigenvalue weighted by Gasteiger charge is 2.38. The van der Waals surface area contributed by atoms with Gasteiger partial charge in [0.2, 0.25) is 5.91 Å². The quantitative estimate of drug-likeness (QED) is 0.174. The molecule has 9 nitrogen and oxygen atoms in total. The molecule has 1 saturated carbocycles. The molecule has 44 heavy (non-hydrogen) atoms. The highest BCUT2D eigenvalue weighted by Crippen LogP contribution is 2.38. The third-order valence-corrected chi connectivity index (χ3v) is 7.99. The van der Waals surface area contributed by atoms with E-state index in [0.29, 0.717) is 75.1 Å². The van der Waals surface area contributed by atoms with Gasteiger partial charge in [-0.05, 0) is 62.1 Å². The van der Waals surface area contributed by atoms with E-state index in [9.17, 15) is 41.3 Å². The number of alkyl halides is 6. The predicted molar refractivity (Wildman–Crippen MR) is 147 cm³/mol. The number of furan rings is 1. The first kappa shape index (κ1) is 31.6. The van der Waals surface area contributed by atoms with Gasteiger partial charge >= 0.3 is 12.4 Å². The third kappa shape index (κ3) is 7.62. The van der Waals surface area contributed by atoms with E-state index in [2.05, 4.69) is 10.2 Å². The van der Waals surface area contributed by atoms with Crippen molar-refractivity contribution in [1.82, 2.24) is 9.80 Å². The lowest BCUT2D eigenvalue weighted by atomic mass is 9.92. The molecule has 5 rings (SSSR count). The fourth-order valence-corrected chi connectivity index (χ4v) is 5.63. The summed E-state index contributed by atoms with van der Waals surface area (Å²) < 4.78 is 90.3. The Morgan fingerprint density at radius 2 is 1.66 bits per heavy atom. The van der Waals surface area contributed by atoms with Crippen molar-refractivity contribution in [3.05, 3.63) is 69.5 Å². The molecule has 1 N–H and O–H groups in total. The lowest BCUT2D eigenvalue weighted by molar-refractivity contribution is -0.388. The van der Waals surface area contributed by atoms with Gasteiger partial charge in [0.1, 0.15) is 23.5 Å². The summed E-state index contributed by atoms with van der Waals surface area (Å²) in [5.41, 5.74) is -2.50. The Kier molecular flexibility index (Phi) is 9.07. The van der Waals surface area contributed by atoms with Crippen molar-refractivity contribution in [2.45, 2.75) is 56.7 Å². The molecule has 0 radical (unpaired) electrons. The van der Waals surface area contributed by atoms with E-state index in [1.807, 2.05) is 0 Å². The van der Waals surface area contributed by atoms with Gasteiger partial charge in [0.25, 0.3) is 5.69 Å². The number of ether oxygens (including phenoxy) is 1. The maximum Gasteiger partial charge on any atom is 0.423 e. The van der Waals surface area contributed by atoms with Gasteiger partial charge in [-0.3, -0.25) is 19.8 Å². The van der Waals surface area contributed by atoms with E-state index < -0.39 is 34.1 Å². The molecule has 2 aliphatic rings. The molecule has 1 saturated heterocycles. The van der Waals surface area contributed by atoms with E-state index in [0.717, 1.165) is 24.3 Å². The highest BCUT2D eigenvalue weighted by molar-refractivity contribution is 5.79. The molecule has 15 heteroatoms. The van der Waals surface area contributed by atoms with Crippen LogP contribution in [-0.2, 0) is 28.4 Å². The van der Waals surface area contributed by atoms with E-state index in [-0.39, 0.29) is 30.3 Å². The van der Waals surface area contributed by atoms with Crippen molar-refractivity contribution in [1.29, 1.82) is 0 Å². The summed E-state index contributed by atoms with van der Waals surface area (Å²) in [5.74, 6) is 0.390. The molecular weight excluding hydrogens is 598 g/mol. The zero-order valence-corrected chi connectivity index (χ0v) is 23.4. The monoisotopic (exact) mass is 628 g/mol. The Labute approximate surface area is 247 Å². The minimum atomic E-state index is -4.85. The maximum absolute atomic E-state index is 13.3. The Morgan fingerprint density at radius 3 is 2.30 bits per heavy atom. The number of carbonyl (C=O) groups excluding carboxylic acids is 1. The van der Waals surface area contributed by atoms with E-state index in [1.54, 1.807) is 11.0 Å². The number of piperazine rings is 1. The maximum atomic E-state index is 13.3. The number of hydrogen-bond acceptors (Lipinski definition) is 7. The minimum absolute atomic E-state index is 0.0921. The van der Waals surface area contributed by atoms with E-state index in [1.165, 1.54) is 12.1 Å². The summed E-state index contributed by atoms with van der Waals surface area (Å²) in [6.07, 6.45) is -7.08. The molecule has 1 aliphatic carbocycles. The van der Waals surface area contributed by atoms with Crippen molar-refractivity contribution in [3.8, 4) is 0 Å².